The Kier molecular flexibility index (Phi) is 7.04. The molecule has 100 valence electrons. The number of rotatable bonds is 7. The zero-order chi connectivity index (χ0) is 13.6. The lowest BCUT2D eigenvalue weighted by Crippen LogP contribution is -2.50. The van der Waals surface area contributed by atoms with Crippen molar-refractivity contribution in [1.29, 1.82) is 5.26 Å². The first-order chi connectivity index (χ1) is 7.85. The summed E-state index contributed by atoms with van der Waals surface area (Å²) in [5.41, 5.74) is 2.32. The van der Waals surface area contributed by atoms with Gasteiger partial charge >= 0.3 is 0 Å². The van der Waals surface area contributed by atoms with Gasteiger partial charge in [0.05, 0.1) is 14.1 Å². The highest BCUT2D eigenvalue weighted by Crippen LogP contribution is 2.50. The Bertz CT molecular complexity index is 234. The third-order valence-corrected chi connectivity index (χ3v) is 12.4. The average Bonchev–Trinajstić information content (AvgIpc) is 2.22. The summed E-state index contributed by atoms with van der Waals surface area (Å²) in [7, 11) is -1.60. The first-order valence-corrected chi connectivity index (χ1v) is 9.14. The molecule has 0 aromatic carbocycles. The van der Waals surface area contributed by atoms with Crippen LogP contribution in [0.5, 0.6) is 0 Å². The molecule has 0 radical (unpaired) electrons. The molecule has 3 heteroatoms. The molecule has 0 aromatic heterocycles. The van der Waals surface area contributed by atoms with Crippen molar-refractivity contribution >= 4 is 8.07 Å². The normalized spacial score (nSPS) is 14.4. The summed E-state index contributed by atoms with van der Waals surface area (Å²) in [5, 5.41) is 18.5. The number of hydrogen-bond acceptors (Lipinski definition) is 2. The molecule has 0 aromatic rings. The molecule has 0 aliphatic heterocycles. The summed E-state index contributed by atoms with van der Waals surface area (Å²) in [6, 6.07) is 2.23. The fraction of sp³-hybridized carbons (Fsp3) is 0.929. The average molecular weight is 255 g/mol. The van der Waals surface area contributed by atoms with Crippen molar-refractivity contribution < 1.29 is 5.11 Å². The third-order valence-electron chi connectivity index (χ3n) is 4.53. The van der Waals surface area contributed by atoms with Crippen LogP contribution in [0.2, 0.25) is 22.2 Å². The zero-order valence-corrected chi connectivity index (χ0v) is 13.3. The molecule has 2 nitrogen and oxygen atoms in total. The molecule has 0 spiro atoms. The summed E-state index contributed by atoms with van der Waals surface area (Å²) < 4.78 is 0. The second kappa shape index (κ2) is 7.18. The van der Waals surface area contributed by atoms with Gasteiger partial charge in [-0.1, -0.05) is 58.2 Å². The van der Waals surface area contributed by atoms with Crippen molar-refractivity contribution in [1.82, 2.24) is 0 Å². The van der Waals surface area contributed by atoms with E-state index in [1.807, 2.05) is 0 Å². The van der Waals surface area contributed by atoms with Gasteiger partial charge in [-0.3, -0.25) is 0 Å². The Hall–Kier alpha value is -0.333. The molecular weight excluding hydrogens is 226 g/mol. The number of aliphatic hydroxyl groups excluding tert-OH is 1. The zero-order valence-electron chi connectivity index (χ0n) is 12.3. The Morgan fingerprint density at radius 3 is 1.65 bits per heavy atom. The third kappa shape index (κ3) is 3.32. The molecule has 17 heavy (non-hydrogen) atoms. The van der Waals surface area contributed by atoms with Crippen LogP contribution in [0.25, 0.3) is 0 Å². The first kappa shape index (κ1) is 16.7. The van der Waals surface area contributed by atoms with E-state index < -0.39 is 8.07 Å². The summed E-state index contributed by atoms with van der Waals surface area (Å²) in [5.74, 6) is 0. The lowest BCUT2D eigenvalue weighted by molar-refractivity contribution is 0.277. The maximum Gasteiger partial charge on any atom is 0.0667 e. The van der Waals surface area contributed by atoms with Crippen molar-refractivity contribution in [3.8, 4) is 6.07 Å². The van der Waals surface area contributed by atoms with Gasteiger partial charge in [0.15, 0.2) is 0 Å². The maximum atomic E-state index is 9.76. The van der Waals surface area contributed by atoms with Gasteiger partial charge in [-0.05, 0) is 12.0 Å². The van der Waals surface area contributed by atoms with E-state index in [1.165, 1.54) is 0 Å². The van der Waals surface area contributed by atoms with Crippen LogP contribution in [-0.4, -0.2) is 19.8 Å². The Balaban J connectivity index is 5.31. The van der Waals surface area contributed by atoms with Crippen LogP contribution in [0.1, 0.15) is 54.4 Å². The highest BCUT2D eigenvalue weighted by atomic mass is 28.3. The van der Waals surface area contributed by atoms with Crippen LogP contribution in [0.3, 0.4) is 0 Å². The number of aliphatic hydroxyl groups is 1. The highest BCUT2D eigenvalue weighted by molar-refractivity contribution is 6.84. The summed E-state index contributed by atoms with van der Waals surface area (Å²) in [4.78, 5) is 0. The molecule has 0 rings (SSSR count). The minimum Gasteiger partial charge on any atom is -0.396 e. The molecule has 0 aliphatic carbocycles. The maximum absolute atomic E-state index is 9.76. The van der Waals surface area contributed by atoms with Gasteiger partial charge in [0.2, 0.25) is 0 Å². The van der Waals surface area contributed by atoms with Crippen LogP contribution >= 0.6 is 0 Å². The summed E-state index contributed by atoms with van der Waals surface area (Å²) in [6.07, 6.45) is 1.44. The molecule has 0 aliphatic rings. The van der Waals surface area contributed by atoms with E-state index in [2.05, 4.69) is 47.6 Å². The number of nitriles is 1. The van der Waals surface area contributed by atoms with Gasteiger partial charge in [-0.2, -0.15) is 5.26 Å². The van der Waals surface area contributed by atoms with Crippen molar-refractivity contribution in [3.63, 3.8) is 0 Å². The molecule has 0 amide bonds. The molecule has 1 unspecified atom stereocenters. The molecule has 0 bridgehead atoms. The van der Waals surface area contributed by atoms with Crippen LogP contribution in [-0.2, 0) is 0 Å². The largest absolute Gasteiger partial charge is 0.396 e. The number of nitrogens with zero attached hydrogens (tertiary/aromatic N) is 1. The van der Waals surface area contributed by atoms with Crippen LogP contribution in [0.4, 0.5) is 0 Å². The topological polar surface area (TPSA) is 44.0 Å². The minimum absolute atomic E-state index is 0.252. The van der Waals surface area contributed by atoms with E-state index in [9.17, 15) is 5.11 Å². The lowest BCUT2D eigenvalue weighted by Gasteiger charge is -2.48. The fourth-order valence-corrected chi connectivity index (χ4v) is 11.9. The second-order valence-corrected chi connectivity index (χ2v) is 12.3. The van der Waals surface area contributed by atoms with E-state index in [4.69, 9.17) is 5.26 Å². The predicted molar refractivity (Wildman–Crippen MR) is 76.7 cm³/mol. The number of hydrogen-bond donors (Lipinski definition) is 1. The van der Waals surface area contributed by atoms with Crippen LogP contribution < -0.4 is 0 Å². The highest BCUT2D eigenvalue weighted by Gasteiger charge is 2.47. The van der Waals surface area contributed by atoms with E-state index in [0.29, 0.717) is 28.6 Å². The van der Waals surface area contributed by atoms with E-state index in [0.717, 1.165) is 6.42 Å². The van der Waals surface area contributed by atoms with E-state index in [1.54, 1.807) is 0 Å². The summed E-state index contributed by atoms with van der Waals surface area (Å²) >= 11 is 0. The Labute approximate surface area is 108 Å². The van der Waals surface area contributed by atoms with Gasteiger partial charge in [-0.15, -0.1) is 0 Å². The molecule has 1 N–H and O–H groups in total. The monoisotopic (exact) mass is 255 g/mol. The lowest BCUT2D eigenvalue weighted by atomic mass is 10.2. The van der Waals surface area contributed by atoms with Crippen molar-refractivity contribution in [2.75, 3.05) is 6.61 Å². The van der Waals surface area contributed by atoms with Gasteiger partial charge in [-0.25, -0.2) is 0 Å². The van der Waals surface area contributed by atoms with Crippen molar-refractivity contribution in [3.05, 3.63) is 0 Å². The van der Waals surface area contributed by atoms with Gasteiger partial charge in [0.25, 0.3) is 0 Å². The smallest absolute Gasteiger partial charge is 0.0667 e. The SMILES string of the molecule is CC(C)[Si](C(C)C)(C(C)C)C(CO)CCC#N. The Morgan fingerprint density at radius 2 is 1.41 bits per heavy atom. The first-order valence-electron chi connectivity index (χ1n) is 6.83. The molecule has 0 saturated heterocycles. The van der Waals surface area contributed by atoms with Crippen molar-refractivity contribution in [2.45, 2.75) is 76.5 Å². The predicted octanol–water partition coefficient (Wildman–Crippen LogP) is 4.33. The van der Waals surface area contributed by atoms with Gasteiger partial charge < -0.3 is 5.11 Å². The standard InChI is InChI=1S/C14H29NOSi/c1-11(2)17(12(3)4,13(5)6)14(10-16)8-7-9-15/h11-14,16H,7-8,10H2,1-6H3. The van der Waals surface area contributed by atoms with Gasteiger partial charge in [0, 0.05) is 13.0 Å². The fourth-order valence-electron chi connectivity index (χ4n) is 4.15. The quantitative estimate of drug-likeness (QED) is 0.688. The Morgan fingerprint density at radius 1 is 1.00 bits per heavy atom. The minimum atomic E-state index is -1.60. The molecule has 0 saturated carbocycles. The molecular formula is C14H29NOSi. The van der Waals surface area contributed by atoms with Gasteiger partial charge in [0.1, 0.15) is 0 Å². The van der Waals surface area contributed by atoms with Crippen LogP contribution in [0, 0.1) is 11.3 Å². The second-order valence-electron chi connectivity index (χ2n) is 6.04. The van der Waals surface area contributed by atoms with E-state index in [-0.39, 0.29) is 6.61 Å². The van der Waals surface area contributed by atoms with Crippen molar-refractivity contribution in [2.24, 2.45) is 0 Å². The molecule has 1 atom stereocenters. The summed E-state index contributed by atoms with van der Waals surface area (Å²) in [6.45, 7) is 14.1. The molecule has 0 heterocycles. The van der Waals surface area contributed by atoms with Crippen LogP contribution in [0.15, 0.2) is 0 Å². The van der Waals surface area contributed by atoms with E-state index >= 15 is 0 Å². The molecule has 0 fully saturated rings.